The molecule has 0 radical (unpaired) electrons. The van der Waals surface area contributed by atoms with Crippen molar-refractivity contribution in [3.05, 3.63) is 30.6 Å². The van der Waals surface area contributed by atoms with Crippen molar-refractivity contribution in [2.45, 2.75) is 19.4 Å². The number of benzene rings is 1. The first kappa shape index (κ1) is 20.0. The van der Waals surface area contributed by atoms with Gasteiger partial charge in [-0.25, -0.2) is 4.98 Å². The standard InChI is InChI=1S/C18H27N5O.HI/c1-19-18(22-11-8-15(12-22)13-24-2)20-9-5-10-23-14-21-16-6-3-4-7-17(16)23;/h3-4,6-7,14-15H,5,8-13H2,1-2H3,(H,19,20);1H. The van der Waals surface area contributed by atoms with E-state index >= 15 is 0 Å². The topological polar surface area (TPSA) is 54.7 Å². The maximum absolute atomic E-state index is 5.27. The van der Waals surface area contributed by atoms with Crippen molar-refractivity contribution in [3.63, 3.8) is 0 Å². The van der Waals surface area contributed by atoms with Crippen molar-refractivity contribution in [1.29, 1.82) is 0 Å². The Morgan fingerprint density at radius 3 is 3.04 bits per heavy atom. The van der Waals surface area contributed by atoms with E-state index in [-0.39, 0.29) is 24.0 Å². The maximum Gasteiger partial charge on any atom is 0.193 e. The summed E-state index contributed by atoms with van der Waals surface area (Å²) in [4.78, 5) is 11.2. The molecule has 0 saturated carbocycles. The molecule has 6 nitrogen and oxygen atoms in total. The number of imidazole rings is 1. The summed E-state index contributed by atoms with van der Waals surface area (Å²) in [7, 11) is 3.63. The molecule has 0 aliphatic carbocycles. The molecule has 7 heteroatoms. The van der Waals surface area contributed by atoms with Gasteiger partial charge in [-0.05, 0) is 25.0 Å². The Labute approximate surface area is 166 Å². The van der Waals surface area contributed by atoms with Crippen LogP contribution in [0.5, 0.6) is 0 Å². The van der Waals surface area contributed by atoms with Crippen LogP contribution in [0, 0.1) is 5.92 Å². The summed E-state index contributed by atoms with van der Waals surface area (Å²) in [5.41, 5.74) is 2.26. The third-order valence-corrected chi connectivity index (χ3v) is 4.59. The van der Waals surface area contributed by atoms with E-state index in [9.17, 15) is 0 Å². The molecule has 1 aliphatic heterocycles. The van der Waals surface area contributed by atoms with Gasteiger partial charge in [-0.1, -0.05) is 12.1 Å². The Morgan fingerprint density at radius 1 is 1.40 bits per heavy atom. The minimum Gasteiger partial charge on any atom is -0.384 e. The molecule has 1 N–H and O–H groups in total. The molecule has 0 spiro atoms. The quantitative estimate of drug-likeness (QED) is 0.314. The predicted octanol–water partition coefficient (Wildman–Crippen LogP) is 2.59. The van der Waals surface area contributed by atoms with Crippen molar-refractivity contribution in [3.8, 4) is 0 Å². The molecule has 138 valence electrons. The third kappa shape index (κ3) is 5.07. The Bertz CT molecular complexity index is 687. The Balaban J connectivity index is 0.00000225. The number of methoxy groups -OCH3 is 1. The zero-order valence-electron chi connectivity index (χ0n) is 15.0. The van der Waals surface area contributed by atoms with E-state index in [1.54, 1.807) is 7.11 Å². The average molecular weight is 457 g/mol. The number of halogens is 1. The van der Waals surface area contributed by atoms with E-state index in [0.29, 0.717) is 5.92 Å². The van der Waals surface area contributed by atoms with Crippen LogP contribution >= 0.6 is 24.0 Å². The lowest BCUT2D eigenvalue weighted by Gasteiger charge is -2.21. The molecule has 2 heterocycles. The van der Waals surface area contributed by atoms with E-state index in [0.717, 1.165) is 50.7 Å². The van der Waals surface area contributed by atoms with Gasteiger partial charge in [-0.15, -0.1) is 24.0 Å². The minimum atomic E-state index is 0. The Kier molecular flexibility index (Phi) is 7.95. The molecule has 0 bridgehead atoms. The highest BCUT2D eigenvalue weighted by Crippen LogP contribution is 2.16. The number of aliphatic imine (C=N–C) groups is 1. The van der Waals surface area contributed by atoms with Crippen LogP contribution in [0.25, 0.3) is 11.0 Å². The summed E-state index contributed by atoms with van der Waals surface area (Å²) in [6.45, 7) is 4.78. The second-order valence-electron chi connectivity index (χ2n) is 6.31. The Morgan fingerprint density at radius 2 is 2.24 bits per heavy atom. The van der Waals surface area contributed by atoms with E-state index in [2.05, 4.69) is 43.0 Å². The third-order valence-electron chi connectivity index (χ3n) is 4.59. The fraction of sp³-hybridized carbons (Fsp3) is 0.556. The average Bonchev–Trinajstić information content (AvgIpc) is 3.23. The van der Waals surface area contributed by atoms with E-state index < -0.39 is 0 Å². The summed E-state index contributed by atoms with van der Waals surface area (Å²) in [6, 6.07) is 8.26. The lowest BCUT2D eigenvalue weighted by atomic mass is 10.1. The van der Waals surface area contributed by atoms with Crippen molar-refractivity contribution in [1.82, 2.24) is 19.8 Å². The van der Waals surface area contributed by atoms with Crippen LogP contribution in [0.4, 0.5) is 0 Å². The molecular weight excluding hydrogens is 429 g/mol. The number of para-hydroxylation sites is 2. The van der Waals surface area contributed by atoms with Gasteiger partial charge in [0.15, 0.2) is 5.96 Å². The van der Waals surface area contributed by atoms with Crippen LogP contribution < -0.4 is 5.32 Å². The first-order valence-corrected chi connectivity index (χ1v) is 8.66. The van der Waals surface area contributed by atoms with Crippen LogP contribution in [0.15, 0.2) is 35.6 Å². The lowest BCUT2D eigenvalue weighted by molar-refractivity contribution is 0.157. The molecule has 1 aliphatic rings. The van der Waals surface area contributed by atoms with Crippen LogP contribution in [-0.2, 0) is 11.3 Å². The van der Waals surface area contributed by atoms with Gasteiger partial charge in [0.05, 0.1) is 24.0 Å². The zero-order chi connectivity index (χ0) is 16.8. The number of nitrogens with one attached hydrogen (secondary N) is 1. The first-order chi connectivity index (χ1) is 11.8. The number of guanidine groups is 1. The van der Waals surface area contributed by atoms with Gasteiger partial charge in [0.25, 0.3) is 0 Å². The summed E-state index contributed by atoms with van der Waals surface area (Å²) in [5, 5.41) is 3.49. The van der Waals surface area contributed by atoms with E-state index in [4.69, 9.17) is 4.74 Å². The van der Waals surface area contributed by atoms with E-state index in [1.807, 2.05) is 19.4 Å². The molecule has 1 saturated heterocycles. The number of fused-ring (bicyclic) bond motifs is 1. The van der Waals surface area contributed by atoms with Crippen molar-refractivity contribution in [2.24, 2.45) is 10.9 Å². The maximum atomic E-state index is 5.27. The van der Waals surface area contributed by atoms with Crippen LogP contribution in [0.3, 0.4) is 0 Å². The van der Waals surface area contributed by atoms with Crippen molar-refractivity contribution in [2.75, 3.05) is 40.4 Å². The second-order valence-corrected chi connectivity index (χ2v) is 6.31. The monoisotopic (exact) mass is 457 g/mol. The molecule has 2 aromatic rings. The minimum absolute atomic E-state index is 0. The number of hydrogen-bond acceptors (Lipinski definition) is 3. The van der Waals surface area contributed by atoms with Crippen LogP contribution in [0.1, 0.15) is 12.8 Å². The molecule has 1 unspecified atom stereocenters. The smallest absolute Gasteiger partial charge is 0.193 e. The van der Waals surface area contributed by atoms with E-state index in [1.165, 1.54) is 11.9 Å². The number of nitrogens with zero attached hydrogens (tertiary/aromatic N) is 4. The molecule has 1 atom stereocenters. The largest absolute Gasteiger partial charge is 0.384 e. The van der Waals surface area contributed by atoms with Crippen LogP contribution in [0.2, 0.25) is 0 Å². The second kappa shape index (κ2) is 9.96. The summed E-state index contributed by atoms with van der Waals surface area (Å²) < 4.78 is 7.48. The predicted molar refractivity (Wildman–Crippen MR) is 113 cm³/mol. The number of rotatable bonds is 6. The first-order valence-electron chi connectivity index (χ1n) is 8.66. The molecule has 1 aromatic heterocycles. The zero-order valence-corrected chi connectivity index (χ0v) is 17.3. The number of likely N-dealkylation sites (tertiary alicyclic amines) is 1. The normalized spacial score (nSPS) is 17.8. The lowest BCUT2D eigenvalue weighted by Crippen LogP contribution is -2.40. The fourth-order valence-corrected chi connectivity index (χ4v) is 3.37. The highest BCUT2D eigenvalue weighted by Gasteiger charge is 2.24. The molecule has 3 rings (SSSR count). The molecule has 0 amide bonds. The number of hydrogen-bond donors (Lipinski definition) is 1. The van der Waals surface area contributed by atoms with Crippen molar-refractivity contribution >= 4 is 41.0 Å². The van der Waals surface area contributed by atoms with Gasteiger partial charge in [0.2, 0.25) is 0 Å². The molecule has 1 aromatic carbocycles. The van der Waals surface area contributed by atoms with Gasteiger partial charge in [0, 0.05) is 46.3 Å². The highest BCUT2D eigenvalue weighted by molar-refractivity contribution is 14.0. The summed E-state index contributed by atoms with van der Waals surface area (Å²) in [5.74, 6) is 1.62. The molecule has 25 heavy (non-hydrogen) atoms. The molecular formula is C18H28IN5O. The van der Waals surface area contributed by atoms with Crippen LogP contribution in [-0.4, -0.2) is 60.8 Å². The van der Waals surface area contributed by atoms with Gasteiger partial charge >= 0.3 is 0 Å². The summed E-state index contributed by atoms with van der Waals surface area (Å²) in [6.07, 6.45) is 4.14. The van der Waals surface area contributed by atoms with Gasteiger partial charge in [-0.3, -0.25) is 4.99 Å². The number of ether oxygens (including phenoxy) is 1. The highest BCUT2D eigenvalue weighted by atomic mass is 127. The van der Waals surface area contributed by atoms with Gasteiger partial charge in [-0.2, -0.15) is 0 Å². The number of aromatic nitrogens is 2. The molecule has 1 fully saturated rings. The van der Waals surface area contributed by atoms with Crippen molar-refractivity contribution < 1.29 is 4.74 Å². The SMILES string of the molecule is CN=C(NCCCn1cnc2ccccc21)N1CCC(COC)C1.I. The number of aryl methyl sites for hydroxylation is 1. The summed E-state index contributed by atoms with van der Waals surface area (Å²) >= 11 is 0. The van der Waals surface area contributed by atoms with Gasteiger partial charge < -0.3 is 19.5 Å². The Hall–Kier alpha value is -1.35. The van der Waals surface area contributed by atoms with Gasteiger partial charge in [0.1, 0.15) is 0 Å². The fourth-order valence-electron chi connectivity index (χ4n) is 3.37.